The summed E-state index contributed by atoms with van der Waals surface area (Å²) in [5, 5.41) is 3.42. The van der Waals surface area contributed by atoms with E-state index in [1.165, 1.54) is 9.13 Å². The molecule has 1 unspecified atom stereocenters. The van der Waals surface area contributed by atoms with Gasteiger partial charge in [0.05, 0.1) is 0 Å². The van der Waals surface area contributed by atoms with Gasteiger partial charge in [-0.15, -0.1) is 12.4 Å². The smallest absolute Gasteiger partial charge is 0.0237 e. The highest BCUT2D eigenvalue weighted by molar-refractivity contribution is 14.1. The molecule has 2 rings (SSSR count). The number of halogens is 2. The molecule has 16 heavy (non-hydrogen) atoms. The number of hydrogen-bond donors (Lipinski definition) is 1. The molecule has 1 aromatic rings. The summed E-state index contributed by atoms with van der Waals surface area (Å²) in [4.78, 5) is 2.54. The minimum absolute atomic E-state index is 0. The topological polar surface area (TPSA) is 15.3 Å². The Hall–Kier alpha value is 0.160. The molecule has 1 aliphatic rings. The molecule has 0 spiro atoms. The summed E-state index contributed by atoms with van der Waals surface area (Å²) in [5.41, 5.74) is 1.42. The Morgan fingerprint density at radius 3 is 2.69 bits per heavy atom. The number of hydrogen-bond acceptors (Lipinski definition) is 2. The van der Waals surface area contributed by atoms with E-state index in [1.54, 1.807) is 0 Å². The average molecular weight is 353 g/mol. The normalized spacial score (nSPS) is 21.5. The van der Waals surface area contributed by atoms with E-state index in [2.05, 4.69) is 64.0 Å². The van der Waals surface area contributed by atoms with Crippen molar-refractivity contribution in [2.45, 2.75) is 19.5 Å². The van der Waals surface area contributed by atoms with Crippen LogP contribution in [-0.4, -0.2) is 30.6 Å². The molecule has 1 fully saturated rings. The first-order valence-corrected chi connectivity index (χ1v) is 6.53. The largest absolute Gasteiger partial charge is 0.314 e. The number of nitrogens with zero attached hydrogens (tertiary/aromatic N) is 1. The molecule has 1 aliphatic heterocycles. The van der Waals surface area contributed by atoms with Gasteiger partial charge in [0.15, 0.2) is 0 Å². The summed E-state index contributed by atoms with van der Waals surface area (Å²) < 4.78 is 1.31. The van der Waals surface area contributed by atoms with Crippen molar-refractivity contribution < 1.29 is 0 Å². The Kier molecular flexibility index (Phi) is 6.03. The van der Waals surface area contributed by atoms with Gasteiger partial charge in [-0.25, -0.2) is 0 Å². The van der Waals surface area contributed by atoms with E-state index in [0.29, 0.717) is 6.04 Å². The van der Waals surface area contributed by atoms with Crippen molar-refractivity contribution in [3.05, 3.63) is 33.4 Å². The zero-order valence-corrected chi connectivity index (χ0v) is 12.4. The van der Waals surface area contributed by atoms with Gasteiger partial charge in [0.25, 0.3) is 0 Å². The maximum Gasteiger partial charge on any atom is 0.0237 e. The fourth-order valence-corrected chi connectivity index (χ4v) is 2.30. The minimum atomic E-state index is 0. The third kappa shape index (κ3) is 3.87. The SMILES string of the molecule is CC1CNCCN1Cc1ccc(I)cc1.Cl. The second kappa shape index (κ2) is 6.79. The molecular weight excluding hydrogens is 335 g/mol. The van der Waals surface area contributed by atoms with Crippen LogP contribution in [0.1, 0.15) is 12.5 Å². The van der Waals surface area contributed by atoms with Gasteiger partial charge in [-0.3, -0.25) is 4.90 Å². The molecular formula is C12H18ClIN2. The lowest BCUT2D eigenvalue weighted by Gasteiger charge is -2.33. The fraction of sp³-hybridized carbons (Fsp3) is 0.500. The average Bonchev–Trinajstić information content (AvgIpc) is 2.25. The van der Waals surface area contributed by atoms with Crippen LogP contribution in [0.3, 0.4) is 0 Å². The maximum absolute atomic E-state index is 3.42. The van der Waals surface area contributed by atoms with E-state index >= 15 is 0 Å². The minimum Gasteiger partial charge on any atom is -0.314 e. The van der Waals surface area contributed by atoms with Crippen LogP contribution in [0.25, 0.3) is 0 Å². The summed E-state index contributed by atoms with van der Waals surface area (Å²) >= 11 is 2.35. The van der Waals surface area contributed by atoms with Crippen molar-refractivity contribution in [1.82, 2.24) is 10.2 Å². The first-order chi connectivity index (χ1) is 7.25. The third-order valence-electron chi connectivity index (χ3n) is 2.94. The predicted octanol–water partition coefficient (Wildman–Crippen LogP) is 2.51. The molecule has 1 aromatic carbocycles. The van der Waals surface area contributed by atoms with Crippen LogP contribution >= 0.6 is 35.0 Å². The quantitative estimate of drug-likeness (QED) is 0.823. The van der Waals surface area contributed by atoms with Crippen molar-refractivity contribution >= 4 is 35.0 Å². The Labute approximate surface area is 117 Å². The van der Waals surface area contributed by atoms with Crippen molar-refractivity contribution in [2.75, 3.05) is 19.6 Å². The Morgan fingerprint density at radius 2 is 2.06 bits per heavy atom. The molecule has 0 amide bonds. The predicted molar refractivity (Wildman–Crippen MR) is 79.1 cm³/mol. The van der Waals surface area contributed by atoms with Gasteiger partial charge in [0, 0.05) is 35.8 Å². The first-order valence-electron chi connectivity index (χ1n) is 5.45. The first kappa shape index (κ1) is 14.2. The Balaban J connectivity index is 0.00000128. The number of piperazine rings is 1. The van der Waals surface area contributed by atoms with E-state index in [9.17, 15) is 0 Å². The van der Waals surface area contributed by atoms with E-state index < -0.39 is 0 Å². The highest BCUT2D eigenvalue weighted by Gasteiger charge is 2.17. The van der Waals surface area contributed by atoms with Gasteiger partial charge in [0.1, 0.15) is 0 Å². The van der Waals surface area contributed by atoms with Gasteiger partial charge < -0.3 is 5.32 Å². The van der Waals surface area contributed by atoms with Gasteiger partial charge >= 0.3 is 0 Å². The molecule has 0 bridgehead atoms. The van der Waals surface area contributed by atoms with Gasteiger partial charge in [-0.1, -0.05) is 12.1 Å². The molecule has 1 saturated heterocycles. The fourth-order valence-electron chi connectivity index (χ4n) is 1.94. The molecule has 4 heteroatoms. The molecule has 0 saturated carbocycles. The van der Waals surface area contributed by atoms with E-state index in [-0.39, 0.29) is 12.4 Å². The third-order valence-corrected chi connectivity index (χ3v) is 3.66. The number of nitrogens with one attached hydrogen (secondary N) is 1. The van der Waals surface area contributed by atoms with E-state index in [0.717, 1.165) is 26.2 Å². The highest BCUT2D eigenvalue weighted by Crippen LogP contribution is 2.12. The van der Waals surface area contributed by atoms with Gasteiger partial charge in [-0.2, -0.15) is 0 Å². The Bertz CT molecular complexity index is 315. The molecule has 0 aliphatic carbocycles. The second-order valence-corrected chi connectivity index (χ2v) is 5.40. The van der Waals surface area contributed by atoms with Crippen LogP contribution in [0.4, 0.5) is 0 Å². The van der Waals surface area contributed by atoms with Gasteiger partial charge in [-0.05, 0) is 47.2 Å². The lowest BCUT2D eigenvalue weighted by atomic mass is 10.1. The molecule has 0 aromatic heterocycles. The molecule has 1 N–H and O–H groups in total. The van der Waals surface area contributed by atoms with Crippen molar-refractivity contribution in [3.8, 4) is 0 Å². The summed E-state index contributed by atoms with van der Waals surface area (Å²) in [6.07, 6.45) is 0. The maximum atomic E-state index is 3.42. The van der Waals surface area contributed by atoms with Crippen molar-refractivity contribution in [1.29, 1.82) is 0 Å². The van der Waals surface area contributed by atoms with Crippen LogP contribution in [0.5, 0.6) is 0 Å². The summed E-state index contributed by atoms with van der Waals surface area (Å²) in [7, 11) is 0. The van der Waals surface area contributed by atoms with Crippen LogP contribution in [0.15, 0.2) is 24.3 Å². The van der Waals surface area contributed by atoms with E-state index in [4.69, 9.17) is 0 Å². The molecule has 90 valence electrons. The van der Waals surface area contributed by atoms with Gasteiger partial charge in [0.2, 0.25) is 0 Å². The molecule has 1 atom stereocenters. The number of rotatable bonds is 2. The molecule has 2 nitrogen and oxygen atoms in total. The Morgan fingerprint density at radius 1 is 1.38 bits per heavy atom. The standard InChI is InChI=1S/C12H17IN2.ClH/c1-10-8-14-6-7-15(10)9-11-2-4-12(13)5-3-11;/h2-5,10,14H,6-9H2,1H3;1H. The van der Waals surface area contributed by atoms with Crippen molar-refractivity contribution in [3.63, 3.8) is 0 Å². The van der Waals surface area contributed by atoms with E-state index in [1.807, 2.05) is 0 Å². The van der Waals surface area contributed by atoms with Crippen LogP contribution in [0, 0.1) is 3.57 Å². The summed E-state index contributed by atoms with van der Waals surface area (Å²) in [5.74, 6) is 0. The number of benzene rings is 1. The zero-order valence-electron chi connectivity index (χ0n) is 9.45. The monoisotopic (exact) mass is 352 g/mol. The summed E-state index contributed by atoms with van der Waals surface area (Å²) in [6.45, 7) is 6.77. The lowest BCUT2D eigenvalue weighted by molar-refractivity contribution is 0.165. The van der Waals surface area contributed by atoms with Crippen LogP contribution < -0.4 is 5.32 Å². The molecule has 0 radical (unpaired) electrons. The summed E-state index contributed by atoms with van der Waals surface area (Å²) in [6, 6.07) is 9.48. The second-order valence-electron chi connectivity index (χ2n) is 4.15. The molecule has 1 heterocycles. The van der Waals surface area contributed by atoms with Crippen molar-refractivity contribution in [2.24, 2.45) is 0 Å². The highest BCUT2D eigenvalue weighted by atomic mass is 127. The zero-order chi connectivity index (χ0) is 10.7. The van der Waals surface area contributed by atoms with Crippen LogP contribution in [0.2, 0.25) is 0 Å². The lowest BCUT2D eigenvalue weighted by Crippen LogP contribution is -2.49. The van der Waals surface area contributed by atoms with Crippen LogP contribution in [-0.2, 0) is 6.54 Å².